The van der Waals surface area contributed by atoms with Gasteiger partial charge in [0.2, 0.25) is 0 Å². The summed E-state index contributed by atoms with van der Waals surface area (Å²) < 4.78 is 6.52. The Labute approximate surface area is 149 Å². The van der Waals surface area contributed by atoms with Crippen molar-refractivity contribution in [2.45, 2.75) is 0 Å². The quantitative estimate of drug-likeness (QED) is 0.538. The molecule has 132 valence electrons. The molecule has 4 rings (SSSR count). The molecule has 0 aliphatic heterocycles. The van der Waals surface area contributed by atoms with Gasteiger partial charge in [0.1, 0.15) is 11.4 Å². The van der Waals surface area contributed by atoms with E-state index in [9.17, 15) is 9.59 Å². The Bertz CT molecular complexity index is 1060. The van der Waals surface area contributed by atoms with Crippen LogP contribution in [0.1, 0.15) is 21.0 Å². The van der Waals surface area contributed by atoms with Crippen LogP contribution in [0, 0.1) is 0 Å². The summed E-state index contributed by atoms with van der Waals surface area (Å²) in [4.78, 5) is 24.7. The number of aromatic nitrogens is 2. The molecule has 26 heavy (non-hydrogen) atoms. The number of para-hydroxylation sites is 2. The Morgan fingerprint density at radius 3 is 2.27 bits per heavy atom. The molecule has 2 N–H and O–H groups in total. The lowest BCUT2D eigenvalue weighted by molar-refractivity contribution is 0.0589. The highest BCUT2D eigenvalue weighted by Crippen LogP contribution is 2.18. The lowest BCUT2D eigenvalue weighted by Crippen LogP contribution is -2.06. The number of hydrogen-bond donors (Lipinski definition) is 2. The van der Waals surface area contributed by atoms with Gasteiger partial charge in [0.25, 0.3) is 0 Å². The van der Waals surface area contributed by atoms with Gasteiger partial charge in [-0.1, -0.05) is 36.4 Å². The predicted octanol–water partition coefficient (Wildman–Crippen LogP) is 3.83. The fourth-order valence-corrected chi connectivity index (χ4v) is 2.78. The fraction of sp³-hybridized carbons (Fsp3) is 0.100. The number of nitrogens with zero attached hydrogens (tertiary/aromatic N) is 1. The van der Waals surface area contributed by atoms with Crippen molar-refractivity contribution in [1.29, 1.82) is 0 Å². The molecule has 0 saturated carbocycles. The van der Waals surface area contributed by atoms with Crippen molar-refractivity contribution in [2.75, 3.05) is 7.11 Å². The molecular formula is C20H18N2O4. The summed E-state index contributed by atoms with van der Waals surface area (Å²) in [5, 5.41) is 10.6. The third-order valence-corrected chi connectivity index (χ3v) is 4.11. The van der Waals surface area contributed by atoms with E-state index in [0.29, 0.717) is 5.69 Å². The van der Waals surface area contributed by atoms with Crippen LogP contribution >= 0.6 is 0 Å². The van der Waals surface area contributed by atoms with Crippen molar-refractivity contribution in [3.63, 3.8) is 0 Å². The van der Waals surface area contributed by atoms with Gasteiger partial charge >= 0.3 is 11.9 Å². The monoisotopic (exact) mass is 350 g/mol. The van der Waals surface area contributed by atoms with E-state index < -0.39 is 5.97 Å². The highest BCUT2D eigenvalue weighted by molar-refractivity contribution is 5.95. The number of rotatable bonds is 2. The lowest BCUT2D eigenvalue weighted by Gasteiger charge is -2.00. The van der Waals surface area contributed by atoms with Crippen molar-refractivity contribution < 1.29 is 19.4 Å². The number of carboxylic acid groups (broad SMARTS) is 1. The lowest BCUT2D eigenvalue weighted by atomic mass is 10.2. The minimum absolute atomic E-state index is 0.233. The van der Waals surface area contributed by atoms with Crippen molar-refractivity contribution in [2.24, 2.45) is 7.05 Å². The van der Waals surface area contributed by atoms with Gasteiger partial charge in [-0.15, -0.1) is 0 Å². The molecule has 0 fully saturated rings. The highest BCUT2D eigenvalue weighted by atomic mass is 16.5. The minimum Gasteiger partial charge on any atom is -0.477 e. The molecule has 6 nitrogen and oxygen atoms in total. The maximum atomic E-state index is 11.4. The second kappa shape index (κ2) is 7.14. The first-order valence-corrected chi connectivity index (χ1v) is 7.95. The number of benzene rings is 2. The number of carbonyl (C=O) groups excluding carboxylic acids is 1. The number of H-pyrrole nitrogens is 1. The minimum atomic E-state index is -0.925. The Morgan fingerprint density at radius 2 is 1.65 bits per heavy atom. The van der Waals surface area contributed by atoms with Crippen molar-refractivity contribution in [1.82, 2.24) is 9.55 Å². The molecule has 0 radical (unpaired) electrons. The zero-order valence-electron chi connectivity index (χ0n) is 14.4. The third kappa shape index (κ3) is 3.30. The molecule has 2 aromatic heterocycles. The van der Waals surface area contributed by atoms with Gasteiger partial charge in [-0.25, -0.2) is 9.59 Å². The maximum Gasteiger partial charge on any atom is 0.354 e. The topological polar surface area (TPSA) is 84.3 Å². The van der Waals surface area contributed by atoms with Crippen LogP contribution < -0.4 is 0 Å². The number of nitrogens with one attached hydrogen (secondary N) is 1. The van der Waals surface area contributed by atoms with E-state index >= 15 is 0 Å². The smallest absolute Gasteiger partial charge is 0.354 e. The van der Waals surface area contributed by atoms with Gasteiger partial charge in [-0.05, 0) is 24.3 Å². The number of esters is 1. The van der Waals surface area contributed by atoms with E-state index in [2.05, 4.69) is 9.72 Å². The number of aromatic amines is 1. The van der Waals surface area contributed by atoms with E-state index in [0.717, 1.165) is 21.8 Å². The Kier molecular flexibility index (Phi) is 4.75. The van der Waals surface area contributed by atoms with Crippen molar-refractivity contribution in [3.8, 4) is 0 Å². The molecule has 4 aromatic rings. The number of carboxylic acids is 1. The number of hydrogen-bond acceptors (Lipinski definition) is 3. The second-order valence-electron chi connectivity index (χ2n) is 5.71. The Balaban J connectivity index is 0.000000152. The molecule has 0 atom stereocenters. The average molecular weight is 350 g/mol. The van der Waals surface area contributed by atoms with Crippen LogP contribution in [0.15, 0.2) is 60.7 Å². The van der Waals surface area contributed by atoms with Crippen LogP contribution in [0.25, 0.3) is 21.8 Å². The van der Waals surface area contributed by atoms with Gasteiger partial charge in [0.15, 0.2) is 0 Å². The van der Waals surface area contributed by atoms with Crippen LogP contribution in [-0.4, -0.2) is 33.7 Å². The SMILES string of the molecule is COC(=O)c1cc2ccccc2n1C.O=C(O)c1cc2ccccc2[nH]1. The normalized spacial score (nSPS) is 10.4. The zero-order valence-corrected chi connectivity index (χ0v) is 14.4. The van der Waals surface area contributed by atoms with Gasteiger partial charge in [0, 0.05) is 28.9 Å². The fourth-order valence-electron chi connectivity index (χ4n) is 2.78. The highest BCUT2D eigenvalue weighted by Gasteiger charge is 2.12. The molecule has 0 aliphatic rings. The summed E-state index contributed by atoms with van der Waals surface area (Å²) in [6.45, 7) is 0. The van der Waals surface area contributed by atoms with E-state index in [4.69, 9.17) is 5.11 Å². The molecule has 0 spiro atoms. The molecule has 0 saturated heterocycles. The number of methoxy groups -OCH3 is 1. The van der Waals surface area contributed by atoms with Crippen LogP contribution in [0.5, 0.6) is 0 Å². The molecule has 2 aromatic carbocycles. The number of ether oxygens (including phenoxy) is 1. The van der Waals surface area contributed by atoms with Crippen LogP contribution in [-0.2, 0) is 11.8 Å². The second-order valence-corrected chi connectivity index (χ2v) is 5.71. The Morgan fingerprint density at radius 1 is 1.00 bits per heavy atom. The summed E-state index contributed by atoms with van der Waals surface area (Å²) in [5.74, 6) is -1.23. The number of fused-ring (bicyclic) bond motifs is 2. The number of carbonyl (C=O) groups is 2. The predicted molar refractivity (Wildman–Crippen MR) is 99.5 cm³/mol. The number of aromatic carboxylic acids is 1. The molecule has 0 amide bonds. The molecular weight excluding hydrogens is 332 g/mol. The zero-order chi connectivity index (χ0) is 18.7. The van der Waals surface area contributed by atoms with E-state index in [1.807, 2.05) is 66.2 Å². The van der Waals surface area contributed by atoms with Crippen LogP contribution in [0.4, 0.5) is 0 Å². The summed E-state index contributed by atoms with van der Waals surface area (Å²) in [5.41, 5.74) is 2.70. The van der Waals surface area contributed by atoms with Crippen molar-refractivity contribution >= 4 is 33.7 Å². The summed E-state index contributed by atoms with van der Waals surface area (Å²) in [6.07, 6.45) is 0. The maximum absolute atomic E-state index is 11.4. The van der Waals surface area contributed by atoms with Crippen LogP contribution in [0.2, 0.25) is 0 Å². The third-order valence-electron chi connectivity index (χ3n) is 4.11. The summed E-state index contributed by atoms with van der Waals surface area (Å²) in [7, 11) is 3.24. The molecule has 0 bridgehead atoms. The summed E-state index contributed by atoms with van der Waals surface area (Å²) >= 11 is 0. The average Bonchev–Trinajstić information content (AvgIpc) is 3.24. The van der Waals surface area contributed by atoms with E-state index in [1.165, 1.54) is 7.11 Å². The van der Waals surface area contributed by atoms with E-state index in [1.54, 1.807) is 6.07 Å². The standard InChI is InChI=1S/C11H11NO2.C9H7NO2/c1-12-9-6-4-3-5-8(9)7-10(12)11(13)14-2;11-9(12)8-5-6-3-1-2-4-7(6)10-8/h3-7H,1-2H3;1-5,10H,(H,11,12). The van der Waals surface area contributed by atoms with Crippen molar-refractivity contribution in [3.05, 3.63) is 72.1 Å². The first-order valence-electron chi connectivity index (χ1n) is 7.95. The largest absolute Gasteiger partial charge is 0.477 e. The van der Waals surface area contributed by atoms with Crippen LogP contribution in [0.3, 0.4) is 0 Å². The summed E-state index contributed by atoms with van der Waals surface area (Å²) in [6, 6.07) is 18.8. The van der Waals surface area contributed by atoms with Gasteiger partial charge < -0.3 is 19.4 Å². The van der Waals surface area contributed by atoms with Gasteiger partial charge in [0.05, 0.1) is 7.11 Å². The first kappa shape index (κ1) is 17.3. The molecule has 2 heterocycles. The van der Waals surface area contributed by atoms with Gasteiger partial charge in [-0.2, -0.15) is 0 Å². The Hall–Kier alpha value is -3.54. The molecule has 6 heteroatoms. The van der Waals surface area contributed by atoms with E-state index in [-0.39, 0.29) is 11.7 Å². The van der Waals surface area contributed by atoms with Gasteiger partial charge in [-0.3, -0.25) is 0 Å². The number of aryl methyl sites for hydroxylation is 1. The molecule has 0 aliphatic carbocycles. The first-order chi connectivity index (χ1) is 12.5. The molecule has 0 unspecified atom stereocenters.